The third-order valence-corrected chi connectivity index (χ3v) is 4.45. The van der Waals surface area contributed by atoms with Crippen LogP contribution in [0.3, 0.4) is 0 Å². The molecule has 0 bridgehead atoms. The van der Waals surface area contributed by atoms with Crippen molar-refractivity contribution in [1.29, 1.82) is 0 Å². The number of carbonyl (C=O) groups is 1. The Balaban J connectivity index is 1.57. The van der Waals surface area contributed by atoms with Crippen molar-refractivity contribution >= 4 is 5.91 Å². The van der Waals surface area contributed by atoms with Crippen molar-refractivity contribution in [3.63, 3.8) is 0 Å². The van der Waals surface area contributed by atoms with Gasteiger partial charge in [0.2, 0.25) is 0 Å². The van der Waals surface area contributed by atoms with Gasteiger partial charge >= 0.3 is 6.18 Å². The van der Waals surface area contributed by atoms with Gasteiger partial charge < -0.3 is 10.1 Å². The van der Waals surface area contributed by atoms with Crippen molar-refractivity contribution in [3.8, 4) is 11.4 Å². The first-order valence-corrected chi connectivity index (χ1v) is 8.55. The molecule has 6 nitrogen and oxygen atoms in total. The van der Waals surface area contributed by atoms with Crippen molar-refractivity contribution < 1.29 is 22.7 Å². The molecule has 0 saturated carbocycles. The number of amides is 1. The summed E-state index contributed by atoms with van der Waals surface area (Å²) >= 11 is 0. The molecule has 1 aliphatic heterocycles. The number of aromatic nitrogens is 3. The Morgan fingerprint density at radius 2 is 1.89 bits per heavy atom. The molecule has 1 unspecified atom stereocenters. The smallest absolute Gasteiger partial charge is 0.418 e. The molecule has 3 aromatic rings. The van der Waals surface area contributed by atoms with Crippen LogP contribution in [0.15, 0.2) is 54.7 Å². The fourth-order valence-corrected chi connectivity index (χ4v) is 3.12. The maximum atomic E-state index is 13.2. The van der Waals surface area contributed by atoms with Crippen LogP contribution in [0.4, 0.5) is 13.2 Å². The van der Waals surface area contributed by atoms with Gasteiger partial charge in [0, 0.05) is 12.0 Å². The van der Waals surface area contributed by atoms with Gasteiger partial charge in [-0.2, -0.15) is 13.2 Å². The SMILES string of the molecule is O=C(NC1CCOc2ccccc21)c1cn(-c2ccccc2C(F)(F)F)nn1. The van der Waals surface area contributed by atoms with E-state index in [0.29, 0.717) is 18.8 Å². The minimum absolute atomic E-state index is 0.0686. The van der Waals surface area contributed by atoms with Crippen molar-refractivity contribution in [2.75, 3.05) is 6.61 Å². The molecular weight excluding hydrogens is 373 g/mol. The Labute approximate surface area is 157 Å². The van der Waals surface area contributed by atoms with E-state index in [1.807, 2.05) is 24.3 Å². The second-order valence-electron chi connectivity index (χ2n) is 6.26. The molecule has 28 heavy (non-hydrogen) atoms. The van der Waals surface area contributed by atoms with Crippen LogP contribution >= 0.6 is 0 Å². The summed E-state index contributed by atoms with van der Waals surface area (Å²) in [7, 11) is 0. The molecule has 0 fully saturated rings. The minimum atomic E-state index is -4.54. The number of alkyl halides is 3. The zero-order valence-corrected chi connectivity index (χ0v) is 14.5. The van der Waals surface area contributed by atoms with Crippen LogP contribution < -0.4 is 10.1 Å². The molecule has 2 heterocycles. The molecular formula is C19H15F3N4O2. The summed E-state index contributed by atoms with van der Waals surface area (Å²) in [6.07, 6.45) is -2.78. The molecule has 1 atom stereocenters. The van der Waals surface area contributed by atoms with E-state index in [1.54, 1.807) is 0 Å². The Hall–Kier alpha value is -3.36. The number of hydrogen-bond acceptors (Lipinski definition) is 4. The summed E-state index contributed by atoms with van der Waals surface area (Å²) in [5.74, 6) is 0.180. The van der Waals surface area contributed by atoms with Crippen LogP contribution in [0.5, 0.6) is 5.75 Å². The number of carbonyl (C=O) groups excluding carboxylic acids is 1. The topological polar surface area (TPSA) is 69.0 Å². The van der Waals surface area contributed by atoms with Gasteiger partial charge in [0.05, 0.1) is 30.1 Å². The molecule has 0 saturated heterocycles. The molecule has 0 spiro atoms. The van der Waals surface area contributed by atoms with E-state index < -0.39 is 17.6 Å². The minimum Gasteiger partial charge on any atom is -0.493 e. The normalized spacial score (nSPS) is 16.2. The molecule has 1 amide bonds. The molecule has 0 radical (unpaired) electrons. The van der Waals surface area contributed by atoms with E-state index in [4.69, 9.17) is 4.74 Å². The van der Waals surface area contributed by atoms with Gasteiger partial charge in [-0.15, -0.1) is 5.10 Å². The largest absolute Gasteiger partial charge is 0.493 e. The number of hydrogen-bond donors (Lipinski definition) is 1. The molecule has 9 heteroatoms. The first kappa shape index (κ1) is 18.0. The predicted molar refractivity (Wildman–Crippen MR) is 93.1 cm³/mol. The molecule has 4 rings (SSSR count). The van der Waals surface area contributed by atoms with Crippen molar-refractivity contribution in [2.45, 2.75) is 18.6 Å². The highest BCUT2D eigenvalue weighted by molar-refractivity contribution is 5.92. The summed E-state index contributed by atoms with van der Waals surface area (Å²) < 4.78 is 46.1. The predicted octanol–water partition coefficient (Wildman–Crippen LogP) is 3.54. The summed E-state index contributed by atoms with van der Waals surface area (Å²) in [5, 5.41) is 10.3. The first-order chi connectivity index (χ1) is 13.4. The van der Waals surface area contributed by atoms with Crippen molar-refractivity contribution in [1.82, 2.24) is 20.3 Å². The van der Waals surface area contributed by atoms with Crippen LogP contribution in [0.1, 0.15) is 34.1 Å². The summed E-state index contributed by atoms with van der Waals surface area (Å²) in [5.41, 5.74) is -0.277. The standard InChI is InChI=1S/C19H15F3N4O2/c20-19(21,22)13-6-2-3-7-16(13)26-11-15(24-25-26)18(27)23-14-9-10-28-17-8-4-1-5-12(14)17/h1-8,11,14H,9-10H2,(H,23,27). The van der Waals surface area contributed by atoms with E-state index in [1.165, 1.54) is 24.4 Å². The van der Waals surface area contributed by atoms with Gasteiger partial charge in [-0.1, -0.05) is 35.5 Å². The highest BCUT2D eigenvalue weighted by Gasteiger charge is 2.34. The molecule has 1 aliphatic rings. The number of fused-ring (bicyclic) bond motifs is 1. The fraction of sp³-hybridized carbons (Fsp3) is 0.211. The fourth-order valence-electron chi connectivity index (χ4n) is 3.12. The van der Waals surface area contributed by atoms with E-state index in [9.17, 15) is 18.0 Å². The Bertz CT molecular complexity index is 1020. The van der Waals surface area contributed by atoms with E-state index >= 15 is 0 Å². The zero-order valence-electron chi connectivity index (χ0n) is 14.5. The van der Waals surface area contributed by atoms with Crippen LogP contribution in [-0.4, -0.2) is 27.5 Å². The maximum absolute atomic E-state index is 13.2. The van der Waals surface area contributed by atoms with Crippen LogP contribution in [-0.2, 0) is 6.18 Å². The van der Waals surface area contributed by atoms with Crippen LogP contribution in [0, 0.1) is 0 Å². The zero-order chi connectivity index (χ0) is 19.7. The average Bonchev–Trinajstić information content (AvgIpc) is 3.18. The van der Waals surface area contributed by atoms with Crippen LogP contribution in [0.2, 0.25) is 0 Å². The lowest BCUT2D eigenvalue weighted by atomic mass is 10.0. The van der Waals surface area contributed by atoms with Gasteiger partial charge in [0.15, 0.2) is 5.69 Å². The molecule has 1 aromatic heterocycles. The van der Waals surface area contributed by atoms with E-state index in [0.717, 1.165) is 16.3 Å². The van der Waals surface area contributed by atoms with Gasteiger partial charge in [-0.25, -0.2) is 4.68 Å². The third-order valence-electron chi connectivity index (χ3n) is 4.45. The number of rotatable bonds is 3. The van der Waals surface area contributed by atoms with E-state index in [2.05, 4.69) is 15.6 Å². The van der Waals surface area contributed by atoms with Crippen molar-refractivity contribution in [3.05, 3.63) is 71.5 Å². The molecule has 2 aromatic carbocycles. The lowest BCUT2D eigenvalue weighted by molar-refractivity contribution is -0.137. The number of ether oxygens (including phenoxy) is 1. The Kier molecular flexibility index (Phi) is 4.50. The number of halogens is 3. The number of para-hydroxylation sites is 2. The average molecular weight is 388 g/mol. The molecule has 1 N–H and O–H groups in total. The van der Waals surface area contributed by atoms with E-state index in [-0.39, 0.29) is 17.4 Å². The number of nitrogens with zero attached hydrogens (tertiary/aromatic N) is 3. The third kappa shape index (κ3) is 3.42. The summed E-state index contributed by atoms with van der Waals surface area (Å²) in [6, 6.07) is 12.1. The van der Waals surface area contributed by atoms with Gasteiger partial charge in [-0.05, 0) is 18.2 Å². The lowest BCUT2D eigenvalue weighted by Gasteiger charge is -2.26. The highest BCUT2D eigenvalue weighted by atomic mass is 19.4. The second kappa shape index (κ2) is 6.99. The summed E-state index contributed by atoms with van der Waals surface area (Å²) in [4.78, 5) is 12.6. The quantitative estimate of drug-likeness (QED) is 0.745. The molecule has 144 valence electrons. The van der Waals surface area contributed by atoms with Gasteiger partial charge in [0.1, 0.15) is 5.75 Å². The van der Waals surface area contributed by atoms with Crippen LogP contribution in [0.25, 0.3) is 5.69 Å². The first-order valence-electron chi connectivity index (χ1n) is 8.55. The Morgan fingerprint density at radius 3 is 2.71 bits per heavy atom. The molecule has 0 aliphatic carbocycles. The second-order valence-corrected chi connectivity index (χ2v) is 6.26. The maximum Gasteiger partial charge on any atom is 0.418 e. The Morgan fingerprint density at radius 1 is 1.14 bits per heavy atom. The van der Waals surface area contributed by atoms with Crippen molar-refractivity contribution in [2.24, 2.45) is 0 Å². The summed E-state index contributed by atoms with van der Waals surface area (Å²) in [6.45, 7) is 0.452. The lowest BCUT2D eigenvalue weighted by Crippen LogP contribution is -2.32. The number of nitrogens with one attached hydrogen (secondary N) is 1. The van der Waals surface area contributed by atoms with Gasteiger partial charge in [0.25, 0.3) is 5.91 Å². The monoisotopic (exact) mass is 388 g/mol. The number of benzene rings is 2. The highest BCUT2D eigenvalue weighted by Crippen LogP contribution is 2.34. The van der Waals surface area contributed by atoms with Gasteiger partial charge in [-0.3, -0.25) is 4.79 Å².